The first kappa shape index (κ1) is 13.9. The summed E-state index contributed by atoms with van der Waals surface area (Å²) in [5.41, 5.74) is -0.340. The van der Waals surface area contributed by atoms with Crippen LogP contribution < -0.4 is 0 Å². The molecule has 0 aromatic rings. The minimum absolute atomic E-state index is 0.0277. The van der Waals surface area contributed by atoms with Gasteiger partial charge in [0.25, 0.3) is 0 Å². The number of ether oxygens (including phenoxy) is 1. The van der Waals surface area contributed by atoms with Gasteiger partial charge in [0.1, 0.15) is 5.60 Å². The monoisotopic (exact) mass is 244 g/mol. The molecule has 1 saturated carbocycles. The zero-order chi connectivity index (χ0) is 12.2. The van der Waals surface area contributed by atoms with Gasteiger partial charge in [0.05, 0.1) is 0 Å². The molecule has 1 rings (SSSR count). The van der Waals surface area contributed by atoms with Crippen LogP contribution in [-0.2, 0) is 9.53 Å². The van der Waals surface area contributed by atoms with Crippen molar-refractivity contribution in [2.45, 2.75) is 63.7 Å². The van der Waals surface area contributed by atoms with Crippen LogP contribution in [0, 0.1) is 5.92 Å². The third-order valence-electron chi connectivity index (χ3n) is 3.00. The lowest BCUT2D eigenvalue weighted by atomic mass is 9.86. The lowest BCUT2D eigenvalue weighted by Gasteiger charge is -2.28. The number of thioether (sulfide) groups is 1. The van der Waals surface area contributed by atoms with Crippen LogP contribution >= 0.6 is 11.8 Å². The Labute approximate surface area is 104 Å². The van der Waals surface area contributed by atoms with Gasteiger partial charge in [0.2, 0.25) is 0 Å². The van der Waals surface area contributed by atoms with Crippen LogP contribution in [-0.4, -0.2) is 23.1 Å². The van der Waals surface area contributed by atoms with Crippen molar-refractivity contribution in [1.82, 2.24) is 0 Å². The molecule has 1 aliphatic rings. The zero-order valence-electron chi connectivity index (χ0n) is 10.9. The molecule has 1 aliphatic carbocycles. The first-order valence-corrected chi connectivity index (χ1v) is 7.44. The Balaban J connectivity index is 2.26. The molecule has 0 amide bonds. The number of hydrogen-bond donors (Lipinski definition) is 0. The van der Waals surface area contributed by atoms with Crippen molar-refractivity contribution in [3.05, 3.63) is 0 Å². The molecule has 0 atom stereocenters. The summed E-state index contributed by atoms with van der Waals surface area (Å²) in [6.07, 6.45) is 7.68. The lowest BCUT2D eigenvalue weighted by Crippen LogP contribution is -2.26. The second kappa shape index (κ2) is 5.95. The molecule has 0 bridgehead atoms. The fourth-order valence-corrected chi connectivity index (χ4v) is 2.93. The van der Waals surface area contributed by atoms with Crippen molar-refractivity contribution in [1.29, 1.82) is 0 Å². The minimum atomic E-state index is -0.340. The number of carbonyl (C=O) groups is 1. The fourth-order valence-electron chi connectivity index (χ4n) is 2.19. The van der Waals surface area contributed by atoms with Crippen molar-refractivity contribution in [2.75, 3.05) is 6.26 Å². The third-order valence-corrected chi connectivity index (χ3v) is 4.14. The van der Waals surface area contributed by atoms with E-state index in [4.69, 9.17) is 4.74 Å². The van der Waals surface area contributed by atoms with Crippen LogP contribution in [0.25, 0.3) is 0 Å². The Morgan fingerprint density at radius 2 is 1.81 bits per heavy atom. The average molecular weight is 244 g/mol. The molecule has 3 heteroatoms. The van der Waals surface area contributed by atoms with Gasteiger partial charge in [-0.2, -0.15) is 11.8 Å². The summed E-state index contributed by atoms with van der Waals surface area (Å²) in [6.45, 7) is 5.78. The van der Waals surface area contributed by atoms with Gasteiger partial charge in [-0.05, 0) is 58.6 Å². The van der Waals surface area contributed by atoms with Crippen LogP contribution in [0.1, 0.15) is 52.9 Å². The van der Waals surface area contributed by atoms with Crippen LogP contribution in [0.5, 0.6) is 0 Å². The number of esters is 1. The highest BCUT2D eigenvalue weighted by atomic mass is 32.2. The van der Waals surface area contributed by atoms with Crippen LogP contribution in [0.3, 0.4) is 0 Å². The Hall–Kier alpha value is -0.180. The first-order chi connectivity index (χ1) is 7.40. The summed E-state index contributed by atoms with van der Waals surface area (Å²) in [4.78, 5) is 11.7. The maximum atomic E-state index is 11.7. The molecule has 0 spiro atoms. The molecule has 16 heavy (non-hydrogen) atoms. The average Bonchev–Trinajstić information content (AvgIpc) is 2.16. The molecule has 0 aromatic carbocycles. The standard InChI is InChI=1S/C13H24O2S/c1-13(2,3)15-12(14)9-10-5-7-11(16-4)8-6-10/h10-11H,5-9H2,1-4H3. The Morgan fingerprint density at radius 1 is 1.25 bits per heavy atom. The van der Waals surface area contributed by atoms with Crippen molar-refractivity contribution in [2.24, 2.45) is 5.92 Å². The molecule has 0 N–H and O–H groups in total. The van der Waals surface area contributed by atoms with E-state index >= 15 is 0 Å². The summed E-state index contributed by atoms with van der Waals surface area (Å²) in [7, 11) is 0. The van der Waals surface area contributed by atoms with Crippen LogP contribution in [0.4, 0.5) is 0 Å². The summed E-state index contributed by atoms with van der Waals surface area (Å²) in [5, 5.41) is 0.815. The van der Waals surface area contributed by atoms with Gasteiger partial charge in [-0.3, -0.25) is 4.79 Å². The van der Waals surface area contributed by atoms with E-state index in [1.165, 1.54) is 25.7 Å². The highest BCUT2D eigenvalue weighted by molar-refractivity contribution is 7.99. The second-order valence-electron chi connectivity index (χ2n) is 5.67. The highest BCUT2D eigenvalue weighted by Gasteiger charge is 2.24. The third kappa shape index (κ3) is 5.24. The summed E-state index contributed by atoms with van der Waals surface area (Å²) < 4.78 is 5.35. The van der Waals surface area contributed by atoms with Crippen molar-refractivity contribution >= 4 is 17.7 Å². The van der Waals surface area contributed by atoms with Gasteiger partial charge in [-0.25, -0.2) is 0 Å². The van der Waals surface area contributed by atoms with Crippen molar-refractivity contribution < 1.29 is 9.53 Å². The topological polar surface area (TPSA) is 26.3 Å². The van der Waals surface area contributed by atoms with E-state index in [2.05, 4.69) is 6.26 Å². The van der Waals surface area contributed by atoms with Crippen LogP contribution in [0.15, 0.2) is 0 Å². The second-order valence-corrected chi connectivity index (χ2v) is 6.81. The lowest BCUT2D eigenvalue weighted by molar-refractivity contribution is -0.156. The number of carbonyl (C=O) groups excluding carboxylic acids is 1. The minimum Gasteiger partial charge on any atom is -0.460 e. The molecule has 0 saturated heterocycles. The maximum Gasteiger partial charge on any atom is 0.306 e. The molecular formula is C13H24O2S. The molecule has 1 fully saturated rings. The largest absolute Gasteiger partial charge is 0.460 e. The van der Waals surface area contributed by atoms with E-state index in [1.807, 2.05) is 32.5 Å². The van der Waals surface area contributed by atoms with E-state index in [1.54, 1.807) is 0 Å². The molecule has 0 radical (unpaired) electrons. The fraction of sp³-hybridized carbons (Fsp3) is 0.923. The SMILES string of the molecule is CSC1CCC(CC(=O)OC(C)(C)C)CC1. The predicted molar refractivity (Wildman–Crippen MR) is 69.7 cm³/mol. The molecule has 2 nitrogen and oxygen atoms in total. The van der Waals surface area contributed by atoms with Crippen molar-refractivity contribution in [3.63, 3.8) is 0 Å². The van der Waals surface area contributed by atoms with Gasteiger partial charge in [0.15, 0.2) is 0 Å². The van der Waals surface area contributed by atoms with Gasteiger partial charge in [-0.1, -0.05) is 0 Å². The first-order valence-electron chi connectivity index (χ1n) is 6.15. The molecule has 94 valence electrons. The molecule has 0 aromatic heterocycles. The van der Waals surface area contributed by atoms with E-state index < -0.39 is 0 Å². The van der Waals surface area contributed by atoms with E-state index in [-0.39, 0.29) is 11.6 Å². The maximum absolute atomic E-state index is 11.7. The van der Waals surface area contributed by atoms with E-state index in [9.17, 15) is 4.79 Å². The number of rotatable bonds is 3. The molecule has 0 aliphatic heterocycles. The van der Waals surface area contributed by atoms with Gasteiger partial charge >= 0.3 is 5.97 Å². The van der Waals surface area contributed by atoms with Crippen LogP contribution in [0.2, 0.25) is 0 Å². The number of hydrogen-bond acceptors (Lipinski definition) is 3. The summed E-state index contributed by atoms with van der Waals surface area (Å²) in [5.74, 6) is 0.526. The molecular weight excluding hydrogens is 220 g/mol. The Morgan fingerprint density at radius 3 is 2.25 bits per heavy atom. The quantitative estimate of drug-likeness (QED) is 0.709. The Kier molecular flexibility index (Phi) is 5.16. The van der Waals surface area contributed by atoms with Gasteiger partial charge in [0, 0.05) is 11.7 Å². The van der Waals surface area contributed by atoms with Gasteiger partial charge < -0.3 is 4.74 Å². The van der Waals surface area contributed by atoms with E-state index in [0.29, 0.717) is 12.3 Å². The zero-order valence-corrected chi connectivity index (χ0v) is 11.7. The summed E-state index contributed by atoms with van der Waals surface area (Å²) in [6, 6.07) is 0. The highest BCUT2D eigenvalue weighted by Crippen LogP contribution is 2.32. The van der Waals surface area contributed by atoms with Gasteiger partial charge in [-0.15, -0.1) is 0 Å². The van der Waals surface area contributed by atoms with Crippen molar-refractivity contribution in [3.8, 4) is 0 Å². The summed E-state index contributed by atoms with van der Waals surface area (Å²) >= 11 is 1.96. The van der Waals surface area contributed by atoms with E-state index in [0.717, 1.165) is 5.25 Å². The smallest absolute Gasteiger partial charge is 0.306 e. The Bertz CT molecular complexity index is 225. The normalized spacial score (nSPS) is 26.5. The molecule has 0 heterocycles. The molecule has 0 unspecified atom stereocenters. The predicted octanol–water partition coefficient (Wildman–Crippen LogP) is 3.64.